The van der Waals surface area contributed by atoms with E-state index in [0.717, 1.165) is 53.4 Å². The van der Waals surface area contributed by atoms with E-state index in [4.69, 9.17) is 19.9 Å². The van der Waals surface area contributed by atoms with Crippen LogP contribution in [0.2, 0.25) is 0 Å². The van der Waals surface area contributed by atoms with Crippen LogP contribution in [0, 0.1) is 19.3 Å². The number of nitrogens with one attached hydrogen (secondary N) is 1. The number of ether oxygens (including phenoxy) is 2. The molecule has 0 aromatic carbocycles. The minimum Gasteiger partial charge on any atom is -0.490 e. The van der Waals surface area contributed by atoms with Gasteiger partial charge in [-0.2, -0.15) is 0 Å². The second kappa shape index (κ2) is 10.3. The molecule has 9 heteroatoms. The summed E-state index contributed by atoms with van der Waals surface area (Å²) in [6.07, 6.45) is 7.49. The van der Waals surface area contributed by atoms with Crippen molar-refractivity contribution in [2.24, 2.45) is 12.0 Å². The fourth-order valence-electron chi connectivity index (χ4n) is 5.03. The first kappa shape index (κ1) is 24.3. The maximum absolute atomic E-state index is 9.27. The highest BCUT2D eigenvalue weighted by atomic mass is 16.5. The Labute approximate surface area is 211 Å². The van der Waals surface area contributed by atoms with Gasteiger partial charge in [-0.1, -0.05) is 12.5 Å². The van der Waals surface area contributed by atoms with Crippen LogP contribution in [0.25, 0.3) is 11.3 Å². The Bertz CT molecular complexity index is 1340. The summed E-state index contributed by atoms with van der Waals surface area (Å²) >= 11 is 0. The number of hydrogen-bond donors (Lipinski definition) is 2. The third-order valence-electron chi connectivity index (χ3n) is 7.16. The van der Waals surface area contributed by atoms with E-state index in [-0.39, 0.29) is 13.2 Å². The standard InChI is InChI=1S/C27H34N6O3/c1-18-19(2)31(3)26-22(35-15-13-32-10-6-4-7-11-32)17-20(24(28)23(18)26)29-25-21-9-5-8-12-33(21)30-27(25)36-16-14-34/h5,8-9,12,17,28,34H,4,6-7,10-11,13-16H2,1-3H3/b28-24?,29-20+. The Morgan fingerprint density at radius 3 is 2.69 bits per heavy atom. The van der Waals surface area contributed by atoms with Crippen molar-refractivity contribution in [3.05, 3.63) is 53.0 Å². The zero-order valence-corrected chi connectivity index (χ0v) is 21.3. The number of likely N-dealkylation sites (tertiary alicyclic amines) is 1. The number of aromatic nitrogens is 3. The van der Waals surface area contributed by atoms with Gasteiger partial charge in [0, 0.05) is 37.1 Å². The molecule has 2 N–H and O–H groups in total. The molecular formula is C27H34N6O3. The highest BCUT2D eigenvalue weighted by molar-refractivity contribution is 6.54. The summed E-state index contributed by atoms with van der Waals surface area (Å²) in [6, 6.07) is 5.70. The van der Waals surface area contributed by atoms with Crippen molar-refractivity contribution in [2.45, 2.75) is 33.1 Å². The number of aliphatic hydroxyl groups excluding tert-OH is 1. The van der Waals surface area contributed by atoms with Gasteiger partial charge >= 0.3 is 0 Å². The minimum atomic E-state index is -0.125. The number of aliphatic imine (C=N–C) groups is 1. The van der Waals surface area contributed by atoms with Crippen LogP contribution >= 0.6 is 0 Å². The number of nitrogens with zero attached hydrogens (tertiary/aromatic N) is 5. The van der Waals surface area contributed by atoms with Gasteiger partial charge in [0.1, 0.15) is 19.0 Å². The van der Waals surface area contributed by atoms with E-state index < -0.39 is 0 Å². The SMILES string of the molecule is Cc1c2c(n(C)c1C)C(OCCN1CCCCC1)=C/C(=N\c1c(OCCO)nn3ccccc13)C2=N. The maximum Gasteiger partial charge on any atom is 0.260 e. The summed E-state index contributed by atoms with van der Waals surface area (Å²) in [6.45, 7) is 7.80. The predicted molar refractivity (Wildman–Crippen MR) is 141 cm³/mol. The summed E-state index contributed by atoms with van der Waals surface area (Å²) in [4.78, 5) is 7.35. The first-order valence-electron chi connectivity index (χ1n) is 12.6. The summed E-state index contributed by atoms with van der Waals surface area (Å²) in [5.41, 5.74) is 6.05. The fourth-order valence-corrected chi connectivity index (χ4v) is 5.03. The Morgan fingerprint density at radius 1 is 1.11 bits per heavy atom. The molecule has 0 spiro atoms. The molecule has 0 saturated carbocycles. The van der Waals surface area contributed by atoms with Crippen molar-refractivity contribution in [3.63, 3.8) is 0 Å². The van der Waals surface area contributed by atoms with Gasteiger partial charge in [-0.15, -0.1) is 5.10 Å². The number of aliphatic hydroxyl groups is 1. The zero-order valence-electron chi connectivity index (χ0n) is 21.3. The highest BCUT2D eigenvalue weighted by Crippen LogP contribution is 2.36. The van der Waals surface area contributed by atoms with E-state index in [2.05, 4.69) is 21.5 Å². The van der Waals surface area contributed by atoms with Gasteiger partial charge in [-0.3, -0.25) is 10.3 Å². The van der Waals surface area contributed by atoms with Crippen LogP contribution < -0.4 is 4.74 Å². The molecule has 0 bridgehead atoms. The molecule has 36 heavy (non-hydrogen) atoms. The molecule has 9 nitrogen and oxygen atoms in total. The number of rotatable bonds is 8. The molecule has 0 atom stereocenters. The second-order valence-electron chi connectivity index (χ2n) is 9.38. The van der Waals surface area contributed by atoms with E-state index in [1.165, 1.54) is 19.3 Å². The second-order valence-corrected chi connectivity index (χ2v) is 9.38. The number of piperidine rings is 1. The van der Waals surface area contributed by atoms with Crippen LogP contribution in [0.5, 0.6) is 5.88 Å². The Morgan fingerprint density at radius 2 is 1.92 bits per heavy atom. The largest absolute Gasteiger partial charge is 0.490 e. The van der Waals surface area contributed by atoms with Gasteiger partial charge in [-0.05, 0) is 57.5 Å². The molecule has 1 saturated heterocycles. The fraction of sp³-hybridized carbons (Fsp3) is 0.444. The monoisotopic (exact) mass is 490 g/mol. The van der Waals surface area contributed by atoms with Crippen LogP contribution in [-0.4, -0.2) is 75.1 Å². The molecule has 0 amide bonds. The average molecular weight is 491 g/mol. The molecule has 1 aliphatic heterocycles. The van der Waals surface area contributed by atoms with Crippen molar-refractivity contribution in [3.8, 4) is 5.88 Å². The summed E-state index contributed by atoms with van der Waals surface area (Å²) in [7, 11) is 2.02. The Balaban J connectivity index is 1.54. The van der Waals surface area contributed by atoms with E-state index in [9.17, 15) is 5.11 Å². The van der Waals surface area contributed by atoms with Crippen LogP contribution in [0.1, 0.15) is 41.8 Å². The zero-order chi connectivity index (χ0) is 25.2. The Hall–Kier alpha value is -3.43. The minimum absolute atomic E-state index is 0.112. The van der Waals surface area contributed by atoms with Crippen molar-refractivity contribution in [1.29, 1.82) is 5.41 Å². The summed E-state index contributed by atoms with van der Waals surface area (Å²) < 4.78 is 15.9. The van der Waals surface area contributed by atoms with Crippen molar-refractivity contribution in [2.75, 3.05) is 39.5 Å². The molecule has 2 aliphatic rings. The molecule has 1 aliphatic carbocycles. The van der Waals surface area contributed by atoms with E-state index >= 15 is 0 Å². The lowest BCUT2D eigenvalue weighted by molar-refractivity contribution is 0.169. The lowest BCUT2D eigenvalue weighted by atomic mass is 9.95. The molecule has 0 radical (unpaired) electrons. The van der Waals surface area contributed by atoms with Crippen molar-refractivity contribution >= 4 is 28.4 Å². The third kappa shape index (κ3) is 4.44. The number of hydrogen-bond acceptors (Lipinski definition) is 7. The normalized spacial score (nSPS) is 17.5. The lowest BCUT2D eigenvalue weighted by Gasteiger charge is -2.27. The smallest absolute Gasteiger partial charge is 0.260 e. The van der Waals surface area contributed by atoms with Crippen LogP contribution in [0.3, 0.4) is 0 Å². The molecule has 0 unspecified atom stereocenters. The Kier molecular flexibility index (Phi) is 6.93. The quantitative estimate of drug-likeness (QED) is 0.502. The number of fused-ring (bicyclic) bond motifs is 2. The molecule has 1 fully saturated rings. The lowest BCUT2D eigenvalue weighted by Crippen LogP contribution is -2.32. The molecule has 3 aromatic heterocycles. The molecule has 4 heterocycles. The summed E-state index contributed by atoms with van der Waals surface area (Å²) in [5.74, 6) is 1.05. The molecule has 3 aromatic rings. The van der Waals surface area contributed by atoms with E-state index in [1.54, 1.807) is 4.52 Å². The topological polar surface area (TPSA) is 100 Å². The average Bonchev–Trinajstić information content (AvgIpc) is 3.36. The molecular weight excluding hydrogens is 456 g/mol. The van der Waals surface area contributed by atoms with Gasteiger partial charge < -0.3 is 19.1 Å². The van der Waals surface area contributed by atoms with Crippen molar-refractivity contribution in [1.82, 2.24) is 19.1 Å². The third-order valence-corrected chi connectivity index (χ3v) is 7.16. The molecule has 190 valence electrons. The first-order valence-corrected chi connectivity index (χ1v) is 12.6. The summed E-state index contributed by atoms with van der Waals surface area (Å²) in [5, 5.41) is 22.8. The van der Waals surface area contributed by atoms with Gasteiger partial charge in [0.15, 0.2) is 5.69 Å². The number of pyridine rings is 1. The van der Waals surface area contributed by atoms with Crippen LogP contribution in [-0.2, 0) is 11.8 Å². The molecule has 5 rings (SSSR count). The maximum atomic E-state index is 9.27. The van der Waals surface area contributed by atoms with Crippen LogP contribution in [0.4, 0.5) is 5.69 Å². The van der Waals surface area contributed by atoms with Crippen molar-refractivity contribution < 1.29 is 14.6 Å². The van der Waals surface area contributed by atoms with Gasteiger partial charge in [0.05, 0.1) is 29.2 Å². The van der Waals surface area contributed by atoms with Crippen LogP contribution in [0.15, 0.2) is 35.5 Å². The van der Waals surface area contributed by atoms with Gasteiger partial charge in [0.2, 0.25) is 0 Å². The van der Waals surface area contributed by atoms with E-state index in [1.807, 2.05) is 44.4 Å². The highest BCUT2D eigenvalue weighted by Gasteiger charge is 2.30. The van der Waals surface area contributed by atoms with Gasteiger partial charge in [-0.25, -0.2) is 9.51 Å². The predicted octanol–water partition coefficient (Wildman–Crippen LogP) is 3.66. The van der Waals surface area contributed by atoms with E-state index in [0.29, 0.717) is 29.6 Å². The number of allylic oxidation sites excluding steroid dienone is 1. The first-order chi connectivity index (χ1) is 17.5. The van der Waals surface area contributed by atoms with Gasteiger partial charge in [0.25, 0.3) is 5.88 Å².